The molecule has 0 amide bonds. The van der Waals surface area contributed by atoms with Gasteiger partial charge < -0.3 is 4.84 Å². The summed E-state index contributed by atoms with van der Waals surface area (Å²) in [6, 6.07) is 2.06. The SMILES string of the molecule is N#CCCCCC(=O)ON1CCCCC1. The van der Waals surface area contributed by atoms with Crippen LogP contribution >= 0.6 is 0 Å². The van der Waals surface area contributed by atoms with Crippen molar-refractivity contribution < 1.29 is 9.63 Å². The summed E-state index contributed by atoms with van der Waals surface area (Å²) in [5.41, 5.74) is 0. The quantitative estimate of drug-likeness (QED) is 0.651. The minimum Gasteiger partial charge on any atom is -0.368 e. The van der Waals surface area contributed by atoms with Gasteiger partial charge in [0.1, 0.15) is 0 Å². The lowest BCUT2D eigenvalue weighted by Gasteiger charge is -2.24. The molecule has 0 spiro atoms. The Hall–Kier alpha value is -1.08. The first-order valence-corrected chi connectivity index (χ1v) is 5.65. The molecule has 1 saturated heterocycles. The Labute approximate surface area is 90.8 Å². The van der Waals surface area contributed by atoms with Crippen molar-refractivity contribution in [2.75, 3.05) is 13.1 Å². The molecule has 0 unspecified atom stereocenters. The number of rotatable bonds is 5. The summed E-state index contributed by atoms with van der Waals surface area (Å²) in [5.74, 6) is -0.158. The largest absolute Gasteiger partial charge is 0.368 e. The Morgan fingerprint density at radius 2 is 2.00 bits per heavy atom. The molecule has 4 heteroatoms. The van der Waals surface area contributed by atoms with Gasteiger partial charge in [0.25, 0.3) is 0 Å². The van der Waals surface area contributed by atoms with Crippen LogP contribution in [0.5, 0.6) is 0 Å². The molecule has 1 rings (SSSR count). The number of carbonyl (C=O) groups is 1. The van der Waals surface area contributed by atoms with E-state index in [-0.39, 0.29) is 5.97 Å². The molecule has 0 aliphatic carbocycles. The first-order valence-electron chi connectivity index (χ1n) is 5.65. The van der Waals surface area contributed by atoms with Gasteiger partial charge in [-0.2, -0.15) is 5.26 Å². The molecule has 1 heterocycles. The van der Waals surface area contributed by atoms with E-state index in [1.165, 1.54) is 6.42 Å². The Morgan fingerprint density at radius 3 is 2.67 bits per heavy atom. The topological polar surface area (TPSA) is 53.3 Å². The molecule has 0 aromatic carbocycles. The molecule has 0 N–H and O–H groups in total. The predicted molar refractivity (Wildman–Crippen MR) is 55.6 cm³/mol. The lowest BCUT2D eigenvalue weighted by atomic mass is 10.2. The van der Waals surface area contributed by atoms with Crippen LogP contribution in [0.1, 0.15) is 44.9 Å². The van der Waals surface area contributed by atoms with E-state index in [9.17, 15) is 4.79 Å². The van der Waals surface area contributed by atoms with Gasteiger partial charge in [-0.1, -0.05) is 6.42 Å². The van der Waals surface area contributed by atoms with E-state index in [1.807, 2.05) is 0 Å². The standard InChI is InChI=1S/C11H18N2O2/c12-8-4-1-3-7-11(14)15-13-9-5-2-6-10-13/h1-7,9-10H2. The molecule has 84 valence electrons. The lowest BCUT2D eigenvalue weighted by Crippen LogP contribution is -2.32. The van der Waals surface area contributed by atoms with Crippen LogP contribution in [0.15, 0.2) is 0 Å². The van der Waals surface area contributed by atoms with Crippen molar-refractivity contribution in [3.63, 3.8) is 0 Å². The van der Waals surface area contributed by atoms with Crippen LogP contribution in [0.3, 0.4) is 0 Å². The van der Waals surface area contributed by atoms with Gasteiger partial charge in [-0.3, -0.25) is 4.79 Å². The van der Waals surface area contributed by atoms with Gasteiger partial charge in [-0.25, -0.2) is 0 Å². The fraction of sp³-hybridized carbons (Fsp3) is 0.818. The normalized spacial score (nSPS) is 17.0. The lowest BCUT2D eigenvalue weighted by molar-refractivity contribution is -0.194. The summed E-state index contributed by atoms with van der Waals surface area (Å²) >= 11 is 0. The summed E-state index contributed by atoms with van der Waals surface area (Å²) < 4.78 is 0. The molecule has 0 saturated carbocycles. The Balaban J connectivity index is 2.04. The van der Waals surface area contributed by atoms with Crippen LogP contribution in [0.2, 0.25) is 0 Å². The molecule has 1 aliphatic heterocycles. The third kappa shape index (κ3) is 5.38. The third-order valence-corrected chi connectivity index (χ3v) is 2.47. The van der Waals surface area contributed by atoms with Gasteiger partial charge in [0.15, 0.2) is 0 Å². The zero-order valence-corrected chi connectivity index (χ0v) is 9.07. The summed E-state index contributed by atoms with van der Waals surface area (Å²) in [5, 5.41) is 10.1. The smallest absolute Gasteiger partial charge is 0.325 e. The maximum atomic E-state index is 11.3. The van der Waals surface area contributed by atoms with E-state index in [4.69, 9.17) is 10.1 Å². The average molecular weight is 210 g/mol. The van der Waals surface area contributed by atoms with Gasteiger partial charge in [0, 0.05) is 25.9 Å². The second kappa shape index (κ2) is 7.24. The van der Waals surface area contributed by atoms with E-state index in [0.717, 1.165) is 38.8 Å². The Bertz CT molecular complexity index is 229. The van der Waals surface area contributed by atoms with Crippen molar-refractivity contribution in [1.82, 2.24) is 5.06 Å². The molecule has 4 nitrogen and oxygen atoms in total. The maximum absolute atomic E-state index is 11.3. The highest BCUT2D eigenvalue weighted by atomic mass is 16.7. The predicted octanol–water partition coefficient (Wildman–Crippen LogP) is 2.01. The number of hydrogen-bond donors (Lipinski definition) is 0. The number of nitrogens with zero attached hydrogens (tertiary/aromatic N) is 2. The molecule has 1 aliphatic rings. The minimum absolute atomic E-state index is 0.158. The fourth-order valence-corrected chi connectivity index (χ4v) is 1.62. The van der Waals surface area contributed by atoms with Crippen molar-refractivity contribution >= 4 is 5.97 Å². The first-order chi connectivity index (χ1) is 7.33. The number of nitriles is 1. The molecule has 0 aromatic heterocycles. The highest BCUT2D eigenvalue weighted by Crippen LogP contribution is 2.10. The third-order valence-electron chi connectivity index (χ3n) is 2.47. The zero-order valence-electron chi connectivity index (χ0n) is 9.07. The second-order valence-corrected chi connectivity index (χ2v) is 3.82. The Morgan fingerprint density at radius 1 is 1.27 bits per heavy atom. The number of carbonyl (C=O) groups excluding carboxylic acids is 1. The molecule has 1 fully saturated rings. The minimum atomic E-state index is -0.158. The highest BCUT2D eigenvalue weighted by molar-refractivity contribution is 5.68. The number of unbranched alkanes of at least 4 members (excludes halogenated alkanes) is 2. The van der Waals surface area contributed by atoms with Gasteiger partial charge in [0.05, 0.1) is 6.07 Å². The fourth-order valence-electron chi connectivity index (χ4n) is 1.62. The second-order valence-electron chi connectivity index (χ2n) is 3.82. The van der Waals surface area contributed by atoms with Crippen molar-refractivity contribution in [3.8, 4) is 6.07 Å². The number of piperidine rings is 1. The van der Waals surface area contributed by atoms with Gasteiger partial charge >= 0.3 is 5.97 Å². The highest BCUT2D eigenvalue weighted by Gasteiger charge is 2.14. The van der Waals surface area contributed by atoms with Crippen LogP contribution in [0.25, 0.3) is 0 Å². The summed E-state index contributed by atoms with van der Waals surface area (Å²) in [6.45, 7) is 1.73. The van der Waals surface area contributed by atoms with E-state index in [0.29, 0.717) is 12.8 Å². The van der Waals surface area contributed by atoms with Crippen LogP contribution in [0, 0.1) is 11.3 Å². The average Bonchev–Trinajstić information content (AvgIpc) is 2.26. The molecule has 0 aromatic rings. The summed E-state index contributed by atoms with van der Waals surface area (Å²) in [4.78, 5) is 16.5. The Kier molecular flexibility index (Phi) is 5.79. The number of hydrogen-bond acceptors (Lipinski definition) is 4. The molecular weight excluding hydrogens is 192 g/mol. The monoisotopic (exact) mass is 210 g/mol. The van der Waals surface area contributed by atoms with Crippen molar-refractivity contribution in [3.05, 3.63) is 0 Å². The summed E-state index contributed by atoms with van der Waals surface area (Å²) in [7, 11) is 0. The van der Waals surface area contributed by atoms with Crippen LogP contribution < -0.4 is 0 Å². The molecular formula is C11H18N2O2. The van der Waals surface area contributed by atoms with E-state index in [2.05, 4.69) is 6.07 Å². The van der Waals surface area contributed by atoms with Crippen molar-refractivity contribution in [1.29, 1.82) is 5.26 Å². The summed E-state index contributed by atoms with van der Waals surface area (Å²) in [6.07, 6.45) is 5.95. The molecule has 0 atom stereocenters. The van der Waals surface area contributed by atoms with Gasteiger partial charge in [0.2, 0.25) is 0 Å². The first kappa shape index (κ1) is 12.0. The van der Waals surface area contributed by atoms with Crippen LogP contribution in [0.4, 0.5) is 0 Å². The maximum Gasteiger partial charge on any atom is 0.325 e. The van der Waals surface area contributed by atoms with E-state index < -0.39 is 0 Å². The van der Waals surface area contributed by atoms with Gasteiger partial charge in [-0.15, -0.1) is 5.06 Å². The molecule has 15 heavy (non-hydrogen) atoms. The van der Waals surface area contributed by atoms with Crippen molar-refractivity contribution in [2.45, 2.75) is 44.9 Å². The molecule has 0 bridgehead atoms. The van der Waals surface area contributed by atoms with Crippen LogP contribution in [-0.2, 0) is 9.63 Å². The van der Waals surface area contributed by atoms with E-state index >= 15 is 0 Å². The number of hydroxylamine groups is 2. The van der Waals surface area contributed by atoms with Crippen LogP contribution in [-0.4, -0.2) is 24.1 Å². The van der Waals surface area contributed by atoms with E-state index in [1.54, 1.807) is 5.06 Å². The van der Waals surface area contributed by atoms with Crippen molar-refractivity contribution in [2.24, 2.45) is 0 Å². The molecule has 0 radical (unpaired) electrons. The zero-order chi connectivity index (χ0) is 10.9. The van der Waals surface area contributed by atoms with Gasteiger partial charge in [-0.05, 0) is 25.7 Å².